The molecule has 1 unspecified atom stereocenters. The van der Waals surface area contributed by atoms with Crippen LogP contribution in [0.4, 0.5) is 0 Å². The molecular formula is C36H41NO4. The molecule has 0 fully saturated rings. The van der Waals surface area contributed by atoms with Crippen molar-refractivity contribution in [1.29, 1.82) is 0 Å². The summed E-state index contributed by atoms with van der Waals surface area (Å²) in [5.41, 5.74) is 4.65. The quantitative estimate of drug-likeness (QED) is 0.0896. The fourth-order valence-electron chi connectivity index (χ4n) is 5.02. The Kier molecular flexibility index (Phi) is 10.6. The van der Waals surface area contributed by atoms with E-state index in [9.17, 15) is 9.59 Å². The monoisotopic (exact) mass is 551 g/mol. The second-order valence-electron chi connectivity index (χ2n) is 10.7. The molecule has 1 heterocycles. The molecule has 41 heavy (non-hydrogen) atoms. The highest BCUT2D eigenvalue weighted by Crippen LogP contribution is 2.28. The van der Waals surface area contributed by atoms with Crippen LogP contribution in [-0.2, 0) is 22.5 Å². The van der Waals surface area contributed by atoms with E-state index in [-0.39, 0.29) is 17.9 Å². The summed E-state index contributed by atoms with van der Waals surface area (Å²) in [6.07, 6.45) is 8.87. The van der Waals surface area contributed by atoms with Crippen molar-refractivity contribution in [3.05, 3.63) is 113 Å². The minimum absolute atomic E-state index is 0.0416. The molecule has 0 aliphatic rings. The van der Waals surface area contributed by atoms with E-state index in [1.54, 1.807) is 0 Å². The van der Waals surface area contributed by atoms with Crippen molar-refractivity contribution in [3.8, 4) is 5.75 Å². The molecule has 0 saturated carbocycles. The maximum absolute atomic E-state index is 13.6. The lowest BCUT2D eigenvalue weighted by atomic mass is 10.00. The van der Waals surface area contributed by atoms with Crippen molar-refractivity contribution in [3.63, 3.8) is 0 Å². The number of hydrogen-bond acceptors (Lipinski definition) is 4. The second-order valence-corrected chi connectivity index (χ2v) is 10.7. The van der Waals surface area contributed by atoms with E-state index in [1.807, 2.05) is 61.7 Å². The number of benzene rings is 3. The van der Waals surface area contributed by atoms with Crippen LogP contribution in [0.15, 0.2) is 91.1 Å². The Morgan fingerprint density at radius 2 is 1.66 bits per heavy atom. The van der Waals surface area contributed by atoms with Crippen LogP contribution < -0.4 is 4.74 Å². The number of aryl methyl sites for hydroxylation is 1. The van der Waals surface area contributed by atoms with Crippen molar-refractivity contribution in [1.82, 2.24) is 4.57 Å². The molecule has 1 aromatic heterocycles. The van der Waals surface area contributed by atoms with Gasteiger partial charge in [-0.2, -0.15) is 0 Å². The lowest BCUT2D eigenvalue weighted by Gasteiger charge is -2.17. The highest BCUT2D eigenvalue weighted by Gasteiger charge is 2.18. The number of ether oxygens (including phenoxy) is 2. The zero-order chi connectivity index (χ0) is 29.2. The minimum Gasteiger partial charge on any atom is -0.482 e. The summed E-state index contributed by atoms with van der Waals surface area (Å²) in [6, 6.07) is 23.9. The van der Waals surface area contributed by atoms with Gasteiger partial charge in [-0.25, -0.2) is 0 Å². The summed E-state index contributed by atoms with van der Waals surface area (Å²) in [5, 5.41) is 0.902. The van der Waals surface area contributed by atoms with Gasteiger partial charge in [0.05, 0.1) is 6.61 Å². The van der Waals surface area contributed by atoms with Crippen LogP contribution >= 0.6 is 0 Å². The molecule has 0 N–H and O–H groups in total. The number of carbonyl (C=O) groups excluding carboxylic acids is 2. The molecule has 214 valence electrons. The first kappa shape index (κ1) is 29.9. The van der Waals surface area contributed by atoms with E-state index in [0.717, 1.165) is 29.3 Å². The third-order valence-electron chi connectivity index (χ3n) is 7.00. The van der Waals surface area contributed by atoms with E-state index in [2.05, 4.69) is 61.8 Å². The molecule has 5 nitrogen and oxygen atoms in total. The van der Waals surface area contributed by atoms with Crippen molar-refractivity contribution in [2.45, 2.75) is 66.0 Å². The van der Waals surface area contributed by atoms with Crippen LogP contribution in [-0.4, -0.2) is 22.9 Å². The fraction of sp³-hybridized carbons (Fsp3) is 0.333. The molecular weight excluding hydrogens is 510 g/mol. The Morgan fingerprint density at radius 1 is 0.927 bits per heavy atom. The molecule has 0 aliphatic heterocycles. The molecule has 3 aromatic carbocycles. The van der Waals surface area contributed by atoms with Gasteiger partial charge < -0.3 is 14.0 Å². The van der Waals surface area contributed by atoms with Crippen LogP contribution in [0, 0.1) is 5.92 Å². The predicted molar refractivity (Wildman–Crippen MR) is 165 cm³/mol. The standard InChI is InChI=1S/C36H41NO4/c1-5-7-13-34(28-17-15-27(16-18-28)24-26(3)4)41-30-21-19-29(20-22-30)36(39)32-25-37(23-10-14-35(38)40-6-2)33-12-9-8-11-31(32)33/h7-9,11-13,15-22,25-26,34H,5-6,10,14,23-24H2,1-4H3. The second kappa shape index (κ2) is 14.5. The predicted octanol–water partition coefficient (Wildman–Crippen LogP) is 8.50. The average Bonchev–Trinajstić information content (AvgIpc) is 3.34. The maximum Gasteiger partial charge on any atom is 0.305 e. The van der Waals surface area contributed by atoms with E-state index >= 15 is 0 Å². The van der Waals surface area contributed by atoms with Gasteiger partial charge in [0.25, 0.3) is 0 Å². The number of ketones is 1. The molecule has 0 aliphatic carbocycles. The molecule has 4 rings (SSSR count). The summed E-state index contributed by atoms with van der Waals surface area (Å²) in [6.45, 7) is 9.38. The number of carbonyl (C=O) groups is 2. The van der Waals surface area contributed by atoms with Crippen LogP contribution in [0.3, 0.4) is 0 Å². The Bertz CT molecular complexity index is 1460. The molecule has 1 atom stereocenters. The third-order valence-corrected chi connectivity index (χ3v) is 7.00. The highest BCUT2D eigenvalue weighted by atomic mass is 16.5. The smallest absolute Gasteiger partial charge is 0.305 e. The number of allylic oxidation sites excluding steroid dienone is 1. The van der Waals surface area contributed by atoms with Crippen molar-refractivity contribution in [2.24, 2.45) is 5.92 Å². The van der Waals surface area contributed by atoms with Gasteiger partial charge in [0.2, 0.25) is 0 Å². The molecule has 0 radical (unpaired) electrons. The minimum atomic E-state index is -0.211. The van der Waals surface area contributed by atoms with Crippen molar-refractivity contribution >= 4 is 22.7 Å². The van der Waals surface area contributed by atoms with Crippen molar-refractivity contribution in [2.75, 3.05) is 6.61 Å². The molecule has 0 spiro atoms. The number of esters is 1. The first-order valence-electron chi connectivity index (χ1n) is 14.7. The van der Waals surface area contributed by atoms with E-state index < -0.39 is 0 Å². The Labute approximate surface area is 243 Å². The Hall–Kier alpha value is -4.12. The van der Waals surface area contributed by atoms with Gasteiger partial charge in [-0.05, 0) is 79.6 Å². The molecule has 5 heteroatoms. The lowest BCUT2D eigenvalue weighted by Crippen LogP contribution is -2.06. The van der Waals surface area contributed by atoms with Gasteiger partial charge in [0.15, 0.2) is 5.78 Å². The van der Waals surface area contributed by atoms with E-state index in [1.165, 1.54) is 5.56 Å². The largest absolute Gasteiger partial charge is 0.482 e. The summed E-state index contributed by atoms with van der Waals surface area (Å²) in [5.74, 6) is 1.08. The van der Waals surface area contributed by atoms with Gasteiger partial charge in [-0.1, -0.05) is 69.3 Å². The number of nitrogens with zero attached hydrogens (tertiary/aromatic N) is 1. The van der Waals surface area contributed by atoms with Gasteiger partial charge in [-0.3, -0.25) is 9.59 Å². The summed E-state index contributed by atoms with van der Waals surface area (Å²) in [7, 11) is 0. The summed E-state index contributed by atoms with van der Waals surface area (Å²) < 4.78 is 13.5. The van der Waals surface area contributed by atoms with Crippen LogP contribution in [0.25, 0.3) is 10.9 Å². The number of fused-ring (bicyclic) bond motifs is 1. The average molecular weight is 552 g/mol. The number of rotatable bonds is 14. The first-order valence-corrected chi connectivity index (χ1v) is 14.7. The number of aromatic nitrogens is 1. The van der Waals surface area contributed by atoms with Crippen LogP contribution in [0.5, 0.6) is 5.75 Å². The van der Waals surface area contributed by atoms with Crippen molar-refractivity contribution < 1.29 is 19.1 Å². The topological polar surface area (TPSA) is 57.5 Å². The summed E-state index contributed by atoms with van der Waals surface area (Å²) >= 11 is 0. The van der Waals surface area contributed by atoms with Gasteiger partial charge in [0.1, 0.15) is 11.9 Å². The van der Waals surface area contributed by atoms with Gasteiger partial charge >= 0.3 is 5.97 Å². The first-order chi connectivity index (χ1) is 19.9. The van der Waals surface area contributed by atoms with E-state index in [4.69, 9.17) is 9.47 Å². The van der Waals surface area contributed by atoms with Crippen LogP contribution in [0.2, 0.25) is 0 Å². The number of hydrogen-bond donors (Lipinski definition) is 0. The zero-order valence-electron chi connectivity index (χ0n) is 24.6. The maximum atomic E-state index is 13.6. The van der Waals surface area contributed by atoms with Crippen LogP contribution in [0.1, 0.15) is 80.1 Å². The summed E-state index contributed by atoms with van der Waals surface area (Å²) in [4.78, 5) is 25.4. The number of para-hydroxylation sites is 1. The normalized spacial score (nSPS) is 12.2. The molecule has 0 bridgehead atoms. The Balaban J connectivity index is 1.50. The molecule has 0 amide bonds. The third kappa shape index (κ3) is 7.97. The highest BCUT2D eigenvalue weighted by molar-refractivity contribution is 6.16. The fourth-order valence-corrected chi connectivity index (χ4v) is 5.02. The SMILES string of the molecule is CCC=CC(Oc1ccc(C(=O)c2cn(CCCC(=O)OCC)c3ccccc23)cc1)c1ccc(CC(C)C)cc1. The van der Waals surface area contributed by atoms with E-state index in [0.29, 0.717) is 48.8 Å². The zero-order valence-corrected chi connectivity index (χ0v) is 24.6. The molecule has 4 aromatic rings. The van der Waals surface area contributed by atoms with Gasteiger partial charge in [-0.15, -0.1) is 0 Å². The Morgan fingerprint density at radius 3 is 2.34 bits per heavy atom. The van der Waals surface area contributed by atoms with Gasteiger partial charge in [0, 0.05) is 41.2 Å². The molecule has 0 saturated heterocycles. The lowest BCUT2D eigenvalue weighted by molar-refractivity contribution is -0.143.